The van der Waals surface area contributed by atoms with E-state index in [0.29, 0.717) is 16.6 Å². The van der Waals surface area contributed by atoms with Gasteiger partial charge in [-0.05, 0) is 49.8 Å². The highest BCUT2D eigenvalue weighted by Crippen LogP contribution is 2.31. The first-order chi connectivity index (χ1) is 9.60. The van der Waals surface area contributed by atoms with Gasteiger partial charge in [-0.3, -0.25) is 4.79 Å². The molecule has 0 unspecified atom stereocenters. The molecule has 1 saturated carbocycles. The minimum Gasteiger partial charge on any atom is -0.381 e. The Morgan fingerprint density at radius 2 is 2.05 bits per heavy atom. The monoisotopic (exact) mass is 294 g/mol. The molecule has 20 heavy (non-hydrogen) atoms. The number of halogens is 1. The number of nitrogens with one attached hydrogen (secondary N) is 1. The summed E-state index contributed by atoms with van der Waals surface area (Å²) in [7, 11) is 0. The maximum Gasteiger partial charge on any atom is 0.248 e. The second-order valence-electron chi connectivity index (χ2n) is 5.71. The van der Waals surface area contributed by atoms with Crippen LogP contribution in [0.5, 0.6) is 0 Å². The van der Waals surface area contributed by atoms with Gasteiger partial charge in [-0.15, -0.1) is 0 Å². The van der Waals surface area contributed by atoms with Crippen molar-refractivity contribution in [1.29, 1.82) is 0 Å². The summed E-state index contributed by atoms with van der Waals surface area (Å²) < 4.78 is 0. The van der Waals surface area contributed by atoms with Gasteiger partial charge in [-0.25, -0.2) is 0 Å². The third kappa shape index (κ3) is 3.89. The SMILES string of the molecule is CCCC1CCC(Nc2cc(C(N)=O)ccc2Cl)CC1. The van der Waals surface area contributed by atoms with Crippen molar-refractivity contribution >= 4 is 23.2 Å². The molecule has 0 saturated heterocycles. The Morgan fingerprint density at radius 3 is 2.65 bits per heavy atom. The number of hydrogen-bond donors (Lipinski definition) is 2. The van der Waals surface area contributed by atoms with Crippen molar-refractivity contribution in [1.82, 2.24) is 0 Å². The minimum absolute atomic E-state index is 0.420. The highest BCUT2D eigenvalue weighted by Gasteiger charge is 2.21. The number of carbonyl (C=O) groups is 1. The van der Waals surface area contributed by atoms with E-state index in [9.17, 15) is 4.79 Å². The smallest absolute Gasteiger partial charge is 0.248 e. The molecule has 4 heteroatoms. The normalized spacial score (nSPS) is 22.5. The highest BCUT2D eigenvalue weighted by atomic mass is 35.5. The van der Waals surface area contributed by atoms with E-state index in [1.54, 1.807) is 18.2 Å². The van der Waals surface area contributed by atoms with Gasteiger partial charge in [0, 0.05) is 11.6 Å². The first kappa shape index (κ1) is 15.2. The zero-order chi connectivity index (χ0) is 14.5. The maximum atomic E-state index is 11.2. The third-order valence-corrected chi connectivity index (χ3v) is 4.48. The maximum absolute atomic E-state index is 11.2. The molecule has 1 fully saturated rings. The Hall–Kier alpha value is -1.22. The molecule has 0 aromatic heterocycles. The van der Waals surface area contributed by atoms with Crippen LogP contribution in [0.4, 0.5) is 5.69 Å². The van der Waals surface area contributed by atoms with Gasteiger partial charge >= 0.3 is 0 Å². The van der Waals surface area contributed by atoms with Crippen molar-refractivity contribution in [3.05, 3.63) is 28.8 Å². The Bertz CT molecular complexity index is 468. The number of rotatable bonds is 5. The van der Waals surface area contributed by atoms with Crippen LogP contribution in [-0.2, 0) is 0 Å². The topological polar surface area (TPSA) is 55.1 Å². The van der Waals surface area contributed by atoms with Crippen LogP contribution in [-0.4, -0.2) is 11.9 Å². The van der Waals surface area contributed by atoms with Crippen LogP contribution in [0.1, 0.15) is 55.8 Å². The van der Waals surface area contributed by atoms with E-state index in [1.165, 1.54) is 38.5 Å². The first-order valence-electron chi connectivity index (χ1n) is 7.46. The molecule has 3 nitrogen and oxygen atoms in total. The molecule has 0 bridgehead atoms. The van der Waals surface area contributed by atoms with Crippen LogP contribution in [0.15, 0.2) is 18.2 Å². The number of carbonyl (C=O) groups excluding carboxylic acids is 1. The number of primary amides is 1. The van der Waals surface area contributed by atoms with Crippen molar-refractivity contribution in [3.8, 4) is 0 Å². The lowest BCUT2D eigenvalue weighted by Crippen LogP contribution is -2.26. The molecule has 1 aromatic carbocycles. The predicted molar refractivity (Wildman–Crippen MR) is 84.2 cm³/mol. The van der Waals surface area contributed by atoms with Crippen molar-refractivity contribution in [3.63, 3.8) is 0 Å². The quantitative estimate of drug-likeness (QED) is 0.854. The average Bonchev–Trinajstić information content (AvgIpc) is 2.43. The number of anilines is 1. The lowest BCUT2D eigenvalue weighted by atomic mass is 9.83. The van der Waals surface area contributed by atoms with Crippen LogP contribution >= 0.6 is 11.6 Å². The molecule has 3 N–H and O–H groups in total. The lowest BCUT2D eigenvalue weighted by Gasteiger charge is -2.30. The summed E-state index contributed by atoms with van der Waals surface area (Å²) in [5.74, 6) is 0.460. The summed E-state index contributed by atoms with van der Waals surface area (Å²) in [6.45, 7) is 2.25. The minimum atomic E-state index is -0.420. The summed E-state index contributed by atoms with van der Waals surface area (Å²) >= 11 is 6.18. The van der Waals surface area contributed by atoms with E-state index in [4.69, 9.17) is 17.3 Å². The molecule has 0 atom stereocenters. The molecule has 0 radical (unpaired) electrons. The molecule has 110 valence electrons. The van der Waals surface area contributed by atoms with Gasteiger partial charge in [0.25, 0.3) is 0 Å². The number of hydrogen-bond acceptors (Lipinski definition) is 2. The van der Waals surface area contributed by atoms with Crippen LogP contribution in [0.2, 0.25) is 5.02 Å². The van der Waals surface area contributed by atoms with Gasteiger partial charge in [0.15, 0.2) is 0 Å². The standard InChI is InChI=1S/C16H23ClN2O/c1-2-3-11-4-7-13(8-5-11)19-15-10-12(16(18)20)6-9-14(15)17/h6,9-11,13,19H,2-5,7-8H2,1H3,(H2,18,20). The fourth-order valence-electron chi connectivity index (χ4n) is 3.01. The molecule has 0 spiro atoms. The van der Waals surface area contributed by atoms with E-state index < -0.39 is 5.91 Å². The van der Waals surface area contributed by atoms with Crippen molar-refractivity contribution in [2.24, 2.45) is 11.7 Å². The zero-order valence-corrected chi connectivity index (χ0v) is 12.7. The van der Waals surface area contributed by atoms with Crippen molar-refractivity contribution in [2.45, 2.75) is 51.5 Å². The Balaban J connectivity index is 1.97. The summed E-state index contributed by atoms with van der Waals surface area (Å²) in [4.78, 5) is 11.2. The highest BCUT2D eigenvalue weighted by molar-refractivity contribution is 6.33. The van der Waals surface area contributed by atoms with Crippen LogP contribution < -0.4 is 11.1 Å². The average molecular weight is 295 g/mol. The van der Waals surface area contributed by atoms with Gasteiger partial charge in [-0.2, -0.15) is 0 Å². The van der Waals surface area contributed by atoms with E-state index in [2.05, 4.69) is 12.2 Å². The summed E-state index contributed by atoms with van der Waals surface area (Å²) in [5.41, 5.74) is 6.63. The van der Waals surface area contributed by atoms with Gasteiger partial charge in [0.05, 0.1) is 10.7 Å². The van der Waals surface area contributed by atoms with Crippen molar-refractivity contribution in [2.75, 3.05) is 5.32 Å². The number of nitrogens with two attached hydrogens (primary N) is 1. The number of benzene rings is 1. The second-order valence-corrected chi connectivity index (χ2v) is 6.12. The summed E-state index contributed by atoms with van der Waals surface area (Å²) in [5, 5.41) is 4.11. The van der Waals surface area contributed by atoms with Gasteiger partial charge in [-0.1, -0.05) is 31.4 Å². The van der Waals surface area contributed by atoms with Crippen LogP contribution in [0.25, 0.3) is 0 Å². The molecule has 0 aliphatic heterocycles. The molecule has 0 heterocycles. The van der Waals surface area contributed by atoms with E-state index in [-0.39, 0.29) is 0 Å². The molecule has 1 amide bonds. The predicted octanol–water partition coefficient (Wildman–Crippen LogP) is 4.21. The molecular weight excluding hydrogens is 272 g/mol. The largest absolute Gasteiger partial charge is 0.381 e. The zero-order valence-electron chi connectivity index (χ0n) is 12.0. The van der Waals surface area contributed by atoms with Gasteiger partial charge < -0.3 is 11.1 Å². The van der Waals surface area contributed by atoms with Crippen molar-refractivity contribution < 1.29 is 4.79 Å². The van der Waals surface area contributed by atoms with E-state index in [0.717, 1.165) is 11.6 Å². The second kappa shape index (κ2) is 6.98. The first-order valence-corrected chi connectivity index (χ1v) is 7.83. The number of amides is 1. The fourth-order valence-corrected chi connectivity index (χ4v) is 3.18. The van der Waals surface area contributed by atoms with Gasteiger partial charge in [0.2, 0.25) is 5.91 Å². The van der Waals surface area contributed by atoms with E-state index >= 15 is 0 Å². The Labute approximate surface area is 125 Å². The van der Waals surface area contributed by atoms with Crippen LogP contribution in [0.3, 0.4) is 0 Å². The summed E-state index contributed by atoms with van der Waals surface area (Å²) in [6, 6.07) is 5.59. The third-order valence-electron chi connectivity index (χ3n) is 4.15. The van der Waals surface area contributed by atoms with Gasteiger partial charge in [0.1, 0.15) is 0 Å². The summed E-state index contributed by atoms with van der Waals surface area (Å²) in [6.07, 6.45) is 7.50. The van der Waals surface area contributed by atoms with E-state index in [1.807, 2.05) is 0 Å². The molecular formula is C16H23ClN2O. The molecule has 1 aromatic rings. The molecule has 1 aliphatic rings. The molecule has 1 aliphatic carbocycles. The Kier molecular flexibility index (Phi) is 5.30. The molecule has 2 rings (SSSR count). The van der Waals surface area contributed by atoms with Crippen LogP contribution in [0, 0.1) is 5.92 Å². The lowest BCUT2D eigenvalue weighted by molar-refractivity contribution is 0.100. The Morgan fingerprint density at radius 1 is 1.35 bits per heavy atom. The fraction of sp³-hybridized carbons (Fsp3) is 0.562.